The predicted molar refractivity (Wildman–Crippen MR) is 38.5 cm³/mol. The molecule has 0 aromatic heterocycles. The van der Waals surface area contributed by atoms with Gasteiger partial charge in [0.15, 0.2) is 5.78 Å². The van der Waals surface area contributed by atoms with E-state index in [1.807, 2.05) is 6.92 Å². The zero-order valence-electron chi connectivity index (χ0n) is 6.39. The molecule has 0 bridgehead atoms. The Balaban J connectivity index is 2.51. The smallest absolute Gasteiger partial charge is 0.155 e. The molecule has 1 aliphatic heterocycles. The van der Waals surface area contributed by atoms with Crippen molar-refractivity contribution >= 4 is 5.78 Å². The van der Waals surface area contributed by atoms with Gasteiger partial charge in [0.05, 0.1) is 6.10 Å². The zero-order valence-corrected chi connectivity index (χ0v) is 6.39. The molecule has 1 unspecified atom stereocenters. The van der Waals surface area contributed by atoms with E-state index in [4.69, 9.17) is 4.74 Å². The van der Waals surface area contributed by atoms with Crippen molar-refractivity contribution < 1.29 is 9.53 Å². The number of allylic oxidation sites excluding steroid dienone is 2. The van der Waals surface area contributed by atoms with Crippen molar-refractivity contribution in [2.24, 2.45) is 0 Å². The molecule has 0 radical (unpaired) electrons. The summed E-state index contributed by atoms with van der Waals surface area (Å²) >= 11 is 0. The van der Waals surface area contributed by atoms with Gasteiger partial charge in [-0.2, -0.15) is 0 Å². The maximum absolute atomic E-state index is 10.6. The van der Waals surface area contributed by atoms with Gasteiger partial charge in [-0.25, -0.2) is 0 Å². The van der Waals surface area contributed by atoms with E-state index >= 15 is 0 Å². The SMILES string of the molecule is CC(=O)/C=C1\CCC(C)O1. The van der Waals surface area contributed by atoms with Crippen molar-refractivity contribution in [3.05, 3.63) is 11.8 Å². The molecule has 56 valence electrons. The molecule has 0 spiro atoms. The first kappa shape index (κ1) is 7.32. The minimum Gasteiger partial charge on any atom is -0.495 e. The van der Waals surface area contributed by atoms with E-state index in [1.54, 1.807) is 13.0 Å². The van der Waals surface area contributed by atoms with Crippen LogP contribution in [0.5, 0.6) is 0 Å². The van der Waals surface area contributed by atoms with Gasteiger partial charge in [-0.05, 0) is 20.3 Å². The molecular formula is C8H12O2. The van der Waals surface area contributed by atoms with Gasteiger partial charge in [0, 0.05) is 12.5 Å². The minimum absolute atomic E-state index is 0.0732. The lowest BCUT2D eigenvalue weighted by Gasteiger charge is -2.01. The molecule has 0 saturated carbocycles. The Morgan fingerprint density at radius 1 is 1.80 bits per heavy atom. The van der Waals surface area contributed by atoms with Gasteiger partial charge in [-0.1, -0.05) is 0 Å². The second kappa shape index (κ2) is 2.86. The maximum atomic E-state index is 10.6. The van der Waals surface area contributed by atoms with Crippen LogP contribution in [0.3, 0.4) is 0 Å². The van der Waals surface area contributed by atoms with E-state index in [0.29, 0.717) is 6.10 Å². The number of hydrogen-bond acceptors (Lipinski definition) is 2. The summed E-state index contributed by atoms with van der Waals surface area (Å²) < 4.78 is 5.31. The van der Waals surface area contributed by atoms with Gasteiger partial charge in [0.1, 0.15) is 5.76 Å². The first-order valence-electron chi connectivity index (χ1n) is 3.56. The van der Waals surface area contributed by atoms with Crippen LogP contribution in [0.2, 0.25) is 0 Å². The van der Waals surface area contributed by atoms with Gasteiger partial charge in [0.25, 0.3) is 0 Å². The Kier molecular flexibility index (Phi) is 2.10. The highest BCUT2D eigenvalue weighted by molar-refractivity contribution is 5.87. The quantitative estimate of drug-likeness (QED) is 0.518. The molecule has 10 heavy (non-hydrogen) atoms. The normalized spacial score (nSPS) is 28.6. The highest BCUT2D eigenvalue weighted by Gasteiger charge is 2.15. The van der Waals surface area contributed by atoms with Gasteiger partial charge < -0.3 is 4.74 Å². The minimum atomic E-state index is 0.0732. The van der Waals surface area contributed by atoms with E-state index in [-0.39, 0.29) is 5.78 Å². The van der Waals surface area contributed by atoms with Crippen LogP contribution in [0.1, 0.15) is 26.7 Å². The first-order valence-corrected chi connectivity index (χ1v) is 3.56. The molecule has 1 atom stereocenters. The topological polar surface area (TPSA) is 26.3 Å². The van der Waals surface area contributed by atoms with Crippen LogP contribution in [0.15, 0.2) is 11.8 Å². The summed E-state index contributed by atoms with van der Waals surface area (Å²) in [6.45, 7) is 3.56. The fourth-order valence-corrected chi connectivity index (χ4v) is 1.05. The third kappa shape index (κ3) is 1.87. The van der Waals surface area contributed by atoms with E-state index < -0.39 is 0 Å². The third-order valence-corrected chi connectivity index (χ3v) is 1.51. The molecule has 1 aliphatic rings. The average Bonchev–Trinajstić information content (AvgIpc) is 2.13. The molecular weight excluding hydrogens is 128 g/mol. The van der Waals surface area contributed by atoms with Gasteiger partial charge in [0.2, 0.25) is 0 Å². The Labute approximate surface area is 60.9 Å². The van der Waals surface area contributed by atoms with E-state index in [1.165, 1.54) is 0 Å². The molecule has 0 amide bonds. The largest absolute Gasteiger partial charge is 0.495 e. The molecule has 1 rings (SSSR count). The molecule has 2 heteroatoms. The molecule has 0 N–H and O–H groups in total. The van der Waals surface area contributed by atoms with Crippen LogP contribution in [0.25, 0.3) is 0 Å². The van der Waals surface area contributed by atoms with Gasteiger partial charge in [-0.3, -0.25) is 4.79 Å². The van der Waals surface area contributed by atoms with E-state index in [0.717, 1.165) is 18.6 Å². The number of carbonyl (C=O) groups is 1. The van der Waals surface area contributed by atoms with Crippen molar-refractivity contribution in [2.75, 3.05) is 0 Å². The number of ketones is 1. The van der Waals surface area contributed by atoms with Crippen LogP contribution >= 0.6 is 0 Å². The maximum Gasteiger partial charge on any atom is 0.155 e. The predicted octanol–water partition coefficient (Wildman–Crippen LogP) is 1.66. The lowest BCUT2D eigenvalue weighted by atomic mass is 10.2. The number of rotatable bonds is 1. The standard InChI is InChI=1S/C8H12O2/c1-6(9)5-8-4-3-7(2)10-8/h5,7H,3-4H2,1-2H3/b8-5+. The highest BCUT2D eigenvalue weighted by Crippen LogP contribution is 2.21. The lowest BCUT2D eigenvalue weighted by molar-refractivity contribution is -0.112. The van der Waals surface area contributed by atoms with Crippen molar-refractivity contribution in [2.45, 2.75) is 32.8 Å². The number of ether oxygens (including phenoxy) is 1. The molecule has 1 heterocycles. The van der Waals surface area contributed by atoms with Crippen LogP contribution in [0, 0.1) is 0 Å². The molecule has 2 nitrogen and oxygen atoms in total. The molecule has 0 aromatic rings. The Morgan fingerprint density at radius 3 is 2.90 bits per heavy atom. The summed E-state index contributed by atoms with van der Waals surface area (Å²) in [5.41, 5.74) is 0. The zero-order chi connectivity index (χ0) is 7.56. The summed E-state index contributed by atoms with van der Waals surface area (Å²) in [7, 11) is 0. The monoisotopic (exact) mass is 140 g/mol. The van der Waals surface area contributed by atoms with Gasteiger partial charge >= 0.3 is 0 Å². The summed E-state index contributed by atoms with van der Waals surface area (Å²) in [6, 6.07) is 0. The summed E-state index contributed by atoms with van der Waals surface area (Å²) in [5, 5.41) is 0. The Morgan fingerprint density at radius 2 is 2.50 bits per heavy atom. The van der Waals surface area contributed by atoms with Crippen molar-refractivity contribution in [3.8, 4) is 0 Å². The second-order valence-electron chi connectivity index (χ2n) is 2.69. The van der Waals surface area contributed by atoms with Crippen LogP contribution in [0.4, 0.5) is 0 Å². The van der Waals surface area contributed by atoms with Crippen molar-refractivity contribution in [1.82, 2.24) is 0 Å². The summed E-state index contributed by atoms with van der Waals surface area (Å²) in [5.74, 6) is 0.920. The fourth-order valence-electron chi connectivity index (χ4n) is 1.05. The summed E-state index contributed by atoms with van der Waals surface area (Å²) in [6.07, 6.45) is 3.83. The van der Waals surface area contributed by atoms with E-state index in [2.05, 4.69) is 0 Å². The highest BCUT2D eigenvalue weighted by atomic mass is 16.5. The molecule has 1 saturated heterocycles. The van der Waals surface area contributed by atoms with Crippen LogP contribution in [-0.4, -0.2) is 11.9 Å². The molecule has 0 aliphatic carbocycles. The van der Waals surface area contributed by atoms with Crippen molar-refractivity contribution in [3.63, 3.8) is 0 Å². The van der Waals surface area contributed by atoms with E-state index in [9.17, 15) is 4.79 Å². The van der Waals surface area contributed by atoms with Gasteiger partial charge in [-0.15, -0.1) is 0 Å². The molecule has 0 aromatic carbocycles. The fraction of sp³-hybridized carbons (Fsp3) is 0.625. The average molecular weight is 140 g/mol. The molecule has 1 fully saturated rings. The third-order valence-electron chi connectivity index (χ3n) is 1.51. The lowest BCUT2D eigenvalue weighted by Crippen LogP contribution is -1.95. The van der Waals surface area contributed by atoms with Crippen molar-refractivity contribution in [1.29, 1.82) is 0 Å². The Bertz CT molecular complexity index is 170. The second-order valence-corrected chi connectivity index (χ2v) is 2.69. The summed E-state index contributed by atoms with van der Waals surface area (Å²) in [4.78, 5) is 10.6. The number of carbonyl (C=O) groups excluding carboxylic acids is 1. The number of hydrogen-bond donors (Lipinski definition) is 0. The van der Waals surface area contributed by atoms with Crippen LogP contribution in [-0.2, 0) is 9.53 Å². The van der Waals surface area contributed by atoms with Crippen LogP contribution < -0.4 is 0 Å². The first-order chi connectivity index (χ1) is 4.68. The Hall–Kier alpha value is -0.790.